The van der Waals surface area contributed by atoms with E-state index < -0.39 is 0 Å². The SMILES string of the molecule is CCNc1nc(CI)nc(Nc2ccccc2)n1. The Bertz CT molecular complexity index is 503. The number of benzene rings is 1. The number of nitrogens with zero attached hydrogens (tertiary/aromatic N) is 3. The molecule has 0 aliphatic heterocycles. The Hall–Kier alpha value is -1.44. The van der Waals surface area contributed by atoms with E-state index in [1.807, 2.05) is 37.3 Å². The number of hydrogen-bond donors (Lipinski definition) is 2. The molecule has 1 aromatic carbocycles. The Balaban J connectivity index is 2.24. The van der Waals surface area contributed by atoms with Crippen molar-refractivity contribution < 1.29 is 0 Å². The monoisotopic (exact) mass is 355 g/mol. The molecule has 5 nitrogen and oxygen atoms in total. The number of para-hydroxylation sites is 1. The third-order valence-corrected chi connectivity index (χ3v) is 2.85. The summed E-state index contributed by atoms with van der Waals surface area (Å²) in [7, 11) is 0. The fraction of sp³-hybridized carbons (Fsp3) is 0.250. The average molecular weight is 355 g/mol. The first-order chi connectivity index (χ1) is 8.81. The van der Waals surface area contributed by atoms with Crippen LogP contribution in [0.15, 0.2) is 30.3 Å². The van der Waals surface area contributed by atoms with Crippen LogP contribution in [0.3, 0.4) is 0 Å². The Morgan fingerprint density at radius 1 is 1.06 bits per heavy atom. The number of halogens is 1. The van der Waals surface area contributed by atoms with Gasteiger partial charge < -0.3 is 10.6 Å². The van der Waals surface area contributed by atoms with E-state index in [0.29, 0.717) is 11.9 Å². The molecule has 94 valence electrons. The van der Waals surface area contributed by atoms with Gasteiger partial charge in [-0.1, -0.05) is 40.8 Å². The van der Waals surface area contributed by atoms with Crippen molar-refractivity contribution in [1.29, 1.82) is 0 Å². The molecule has 6 heteroatoms. The zero-order valence-electron chi connectivity index (χ0n) is 10.0. The zero-order chi connectivity index (χ0) is 12.8. The zero-order valence-corrected chi connectivity index (χ0v) is 12.2. The Morgan fingerprint density at radius 2 is 1.78 bits per heavy atom. The molecule has 0 aliphatic rings. The fourth-order valence-electron chi connectivity index (χ4n) is 1.42. The average Bonchev–Trinajstić information content (AvgIpc) is 2.40. The first-order valence-electron chi connectivity index (χ1n) is 5.68. The number of hydrogen-bond acceptors (Lipinski definition) is 5. The highest BCUT2D eigenvalue weighted by Crippen LogP contribution is 2.14. The van der Waals surface area contributed by atoms with Crippen LogP contribution in [0.2, 0.25) is 0 Å². The lowest BCUT2D eigenvalue weighted by atomic mass is 10.3. The first-order valence-corrected chi connectivity index (χ1v) is 7.21. The fourth-order valence-corrected chi connectivity index (χ4v) is 1.76. The lowest BCUT2D eigenvalue weighted by Gasteiger charge is -2.08. The molecule has 0 radical (unpaired) electrons. The van der Waals surface area contributed by atoms with Crippen molar-refractivity contribution in [3.63, 3.8) is 0 Å². The van der Waals surface area contributed by atoms with Gasteiger partial charge in [0.05, 0.1) is 4.43 Å². The number of aromatic nitrogens is 3. The third-order valence-electron chi connectivity index (χ3n) is 2.17. The molecule has 2 rings (SSSR count). The number of anilines is 3. The summed E-state index contributed by atoms with van der Waals surface area (Å²) in [4.78, 5) is 13.0. The molecule has 0 spiro atoms. The minimum Gasteiger partial charge on any atom is -0.354 e. The minimum atomic E-state index is 0.568. The second-order valence-electron chi connectivity index (χ2n) is 3.55. The van der Waals surface area contributed by atoms with Crippen LogP contribution in [0.5, 0.6) is 0 Å². The highest BCUT2D eigenvalue weighted by molar-refractivity contribution is 14.1. The molecule has 18 heavy (non-hydrogen) atoms. The van der Waals surface area contributed by atoms with Crippen molar-refractivity contribution in [2.45, 2.75) is 11.4 Å². The predicted octanol–water partition coefficient (Wildman–Crippen LogP) is 2.98. The molecule has 0 saturated heterocycles. The molecular weight excluding hydrogens is 341 g/mol. The number of rotatable bonds is 5. The summed E-state index contributed by atoms with van der Waals surface area (Å²) in [6.45, 7) is 2.80. The van der Waals surface area contributed by atoms with Crippen LogP contribution in [0.4, 0.5) is 17.6 Å². The molecule has 2 aromatic rings. The lowest BCUT2D eigenvalue weighted by Crippen LogP contribution is -2.08. The molecular formula is C12H14IN5. The maximum atomic E-state index is 4.35. The summed E-state index contributed by atoms with van der Waals surface area (Å²) in [5, 5.41) is 6.27. The smallest absolute Gasteiger partial charge is 0.232 e. The van der Waals surface area contributed by atoms with Crippen LogP contribution in [-0.4, -0.2) is 21.5 Å². The summed E-state index contributed by atoms with van der Waals surface area (Å²) < 4.78 is 0.752. The molecule has 0 saturated carbocycles. The van der Waals surface area contributed by atoms with E-state index in [9.17, 15) is 0 Å². The van der Waals surface area contributed by atoms with Crippen molar-refractivity contribution in [2.75, 3.05) is 17.2 Å². The van der Waals surface area contributed by atoms with E-state index in [0.717, 1.165) is 22.5 Å². The van der Waals surface area contributed by atoms with Gasteiger partial charge in [-0.15, -0.1) is 0 Å². The molecule has 0 unspecified atom stereocenters. The van der Waals surface area contributed by atoms with Crippen LogP contribution in [0.1, 0.15) is 12.7 Å². The van der Waals surface area contributed by atoms with E-state index in [1.54, 1.807) is 0 Å². The summed E-state index contributed by atoms with van der Waals surface area (Å²) in [6.07, 6.45) is 0. The third kappa shape index (κ3) is 3.52. The van der Waals surface area contributed by atoms with Crippen molar-refractivity contribution in [3.8, 4) is 0 Å². The molecule has 0 fully saturated rings. The number of nitrogens with one attached hydrogen (secondary N) is 2. The van der Waals surface area contributed by atoms with Crippen molar-refractivity contribution in [3.05, 3.63) is 36.2 Å². The van der Waals surface area contributed by atoms with E-state index in [1.165, 1.54) is 0 Å². The highest BCUT2D eigenvalue weighted by atomic mass is 127. The van der Waals surface area contributed by atoms with Gasteiger partial charge in [0.25, 0.3) is 0 Å². The molecule has 0 atom stereocenters. The Kier molecular flexibility index (Phi) is 4.68. The molecule has 1 aromatic heterocycles. The molecule has 2 N–H and O–H groups in total. The van der Waals surface area contributed by atoms with E-state index in [4.69, 9.17) is 0 Å². The van der Waals surface area contributed by atoms with Gasteiger partial charge in [-0.2, -0.15) is 15.0 Å². The standard InChI is InChI=1S/C12H14IN5/c1-2-14-11-16-10(8-13)17-12(18-11)15-9-6-4-3-5-7-9/h3-7H,2,8H2,1H3,(H2,14,15,16,17,18). The topological polar surface area (TPSA) is 62.7 Å². The van der Waals surface area contributed by atoms with Gasteiger partial charge in [0.2, 0.25) is 11.9 Å². The molecule has 0 aliphatic carbocycles. The van der Waals surface area contributed by atoms with Gasteiger partial charge in [-0.25, -0.2) is 0 Å². The first kappa shape index (κ1) is 13.0. The van der Waals surface area contributed by atoms with E-state index >= 15 is 0 Å². The van der Waals surface area contributed by atoms with Gasteiger partial charge in [-0.05, 0) is 19.1 Å². The second-order valence-corrected chi connectivity index (χ2v) is 4.32. The van der Waals surface area contributed by atoms with Crippen LogP contribution < -0.4 is 10.6 Å². The van der Waals surface area contributed by atoms with Crippen molar-refractivity contribution >= 4 is 40.2 Å². The van der Waals surface area contributed by atoms with Gasteiger partial charge in [0.1, 0.15) is 5.82 Å². The summed E-state index contributed by atoms with van der Waals surface area (Å²) in [5.41, 5.74) is 0.963. The van der Waals surface area contributed by atoms with Gasteiger partial charge >= 0.3 is 0 Å². The van der Waals surface area contributed by atoms with Crippen LogP contribution in [0, 0.1) is 0 Å². The van der Waals surface area contributed by atoms with Crippen LogP contribution in [-0.2, 0) is 4.43 Å². The lowest BCUT2D eigenvalue weighted by molar-refractivity contribution is 0.965. The molecule has 1 heterocycles. The largest absolute Gasteiger partial charge is 0.354 e. The van der Waals surface area contributed by atoms with Gasteiger partial charge in [0.15, 0.2) is 0 Å². The second kappa shape index (κ2) is 6.48. The maximum Gasteiger partial charge on any atom is 0.232 e. The summed E-state index contributed by atoms with van der Waals surface area (Å²) in [6, 6.07) is 9.85. The minimum absolute atomic E-state index is 0.568. The Labute approximate surface area is 120 Å². The van der Waals surface area contributed by atoms with Gasteiger partial charge in [0, 0.05) is 12.2 Å². The molecule has 0 bridgehead atoms. The van der Waals surface area contributed by atoms with E-state index in [2.05, 4.69) is 48.2 Å². The predicted molar refractivity (Wildman–Crippen MR) is 81.4 cm³/mol. The van der Waals surface area contributed by atoms with Crippen molar-refractivity contribution in [1.82, 2.24) is 15.0 Å². The van der Waals surface area contributed by atoms with Crippen molar-refractivity contribution in [2.24, 2.45) is 0 Å². The van der Waals surface area contributed by atoms with E-state index in [-0.39, 0.29) is 0 Å². The Morgan fingerprint density at radius 3 is 2.44 bits per heavy atom. The quantitative estimate of drug-likeness (QED) is 0.638. The highest BCUT2D eigenvalue weighted by Gasteiger charge is 2.05. The maximum absolute atomic E-state index is 4.35. The van der Waals surface area contributed by atoms with Gasteiger partial charge in [-0.3, -0.25) is 0 Å². The normalized spacial score (nSPS) is 10.1. The molecule has 0 amide bonds. The summed E-state index contributed by atoms with van der Waals surface area (Å²) >= 11 is 2.24. The van der Waals surface area contributed by atoms with Crippen LogP contribution in [0.25, 0.3) is 0 Å². The summed E-state index contributed by atoms with van der Waals surface area (Å²) in [5.74, 6) is 1.94. The number of alkyl halides is 1. The van der Waals surface area contributed by atoms with Crippen LogP contribution >= 0.6 is 22.6 Å².